The van der Waals surface area contributed by atoms with Crippen LogP contribution in [0.4, 0.5) is 0 Å². The normalized spacial score (nSPS) is 25.7. The summed E-state index contributed by atoms with van der Waals surface area (Å²) in [5, 5.41) is 7.09. The maximum absolute atomic E-state index is 12.1. The van der Waals surface area contributed by atoms with Crippen molar-refractivity contribution in [2.24, 2.45) is 5.92 Å². The van der Waals surface area contributed by atoms with Crippen molar-refractivity contribution in [3.63, 3.8) is 0 Å². The minimum Gasteiger partial charge on any atom is -0.403 e. The van der Waals surface area contributed by atoms with Gasteiger partial charge in [-0.1, -0.05) is 42.7 Å². The third-order valence-electron chi connectivity index (χ3n) is 8.49. The van der Waals surface area contributed by atoms with E-state index in [2.05, 4.69) is 76.4 Å². The van der Waals surface area contributed by atoms with Gasteiger partial charge in [0.05, 0.1) is 11.2 Å². The van der Waals surface area contributed by atoms with Gasteiger partial charge in [-0.3, -0.25) is 4.79 Å². The molecule has 1 saturated carbocycles. The number of amides is 1. The van der Waals surface area contributed by atoms with Crippen LogP contribution in [0.5, 0.6) is 0 Å². The van der Waals surface area contributed by atoms with Gasteiger partial charge >= 0.3 is 7.12 Å². The van der Waals surface area contributed by atoms with Crippen molar-refractivity contribution in [1.82, 2.24) is 10.6 Å². The number of hydrogen-bond donors (Lipinski definition) is 2. The molecule has 0 aromatic heterocycles. The zero-order valence-corrected chi connectivity index (χ0v) is 22.6. The van der Waals surface area contributed by atoms with Crippen LogP contribution in [0.15, 0.2) is 24.3 Å². The molecule has 2 aliphatic rings. The van der Waals surface area contributed by atoms with Gasteiger partial charge in [0.1, 0.15) is 0 Å². The second-order valence-corrected chi connectivity index (χ2v) is 11.9. The fraction of sp³-hybridized carbons (Fsp3) is 0.750. The van der Waals surface area contributed by atoms with E-state index in [9.17, 15) is 4.79 Å². The number of hydrogen-bond acceptors (Lipinski definition) is 4. The van der Waals surface area contributed by atoms with Gasteiger partial charge in [-0.25, -0.2) is 0 Å². The highest BCUT2D eigenvalue weighted by Crippen LogP contribution is 2.39. The number of carbonyl (C=O) groups excluding carboxylic acids is 1. The molecular weight excluding hydrogens is 423 g/mol. The molecule has 3 rings (SSSR count). The second-order valence-electron chi connectivity index (χ2n) is 11.9. The third kappa shape index (κ3) is 7.08. The second kappa shape index (κ2) is 11.1. The number of rotatable bonds is 10. The number of unbranched alkanes of at least 4 members (excludes halogenated alkanes) is 1. The standard InChI is InChI=1S/C28H47BN2O3/c1-21-10-12-23(13-11-21)20-30-25-16-14-24(15-17-25)28(7,31-22(2)32)18-8-9-19-29-33-26(3,4)27(5,6)34-29/h10-13,24-25,30H,8-9,14-20H2,1-7H3,(H,31,32)/t24?,25?,28-/m0/s1. The number of carbonyl (C=O) groups is 1. The monoisotopic (exact) mass is 470 g/mol. The molecule has 1 aromatic rings. The summed E-state index contributed by atoms with van der Waals surface area (Å²) in [7, 11) is -0.132. The lowest BCUT2D eigenvalue weighted by molar-refractivity contribution is -0.121. The van der Waals surface area contributed by atoms with E-state index >= 15 is 0 Å². The van der Waals surface area contributed by atoms with Crippen molar-refractivity contribution in [2.75, 3.05) is 0 Å². The molecule has 2 N–H and O–H groups in total. The third-order valence-corrected chi connectivity index (χ3v) is 8.49. The van der Waals surface area contributed by atoms with E-state index in [1.54, 1.807) is 6.92 Å². The van der Waals surface area contributed by atoms with E-state index in [4.69, 9.17) is 9.31 Å². The molecule has 190 valence electrons. The van der Waals surface area contributed by atoms with Crippen molar-refractivity contribution in [2.45, 2.75) is 129 Å². The maximum atomic E-state index is 12.1. The lowest BCUT2D eigenvalue weighted by Crippen LogP contribution is -2.52. The smallest absolute Gasteiger partial charge is 0.403 e. The van der Waals surface area contributed by atoms with Crippen molar-refractivity contribution in [3.05, 3.63) is 35.4 Å². The minimum absolute atomic E-state index is 0.0769. The lowest BCUT2D eigenvalue weighted by atomic mass is 9.71. The quantitative estimate of drug-likeness (QED) is 0.335. The summed E-state index contributed by atoms with van der Waals surface area (Å²) >= 11 is 0. The first-order chi connectivity index (χ1) is 15.9. The van der Waals surface area contributed by atoms with Gasteiger partial charge < -0.3 is 19.9 Å². The number of nitrogens with one attached hydrogen (secondary N) is 2. The van der Waals surface area contributed by atoms with Gasteiger partial charge in [0.15, 0.2) is 0 Å². The highest BCUT2D eigenvalue weighted by Gasteiger charge is 2.50. The van der Waals surface area contributed by atoms with Crippen molar-refractivity contribution < 1.29 is 14.1 Å². The fourth-order valence-corrected chi connectivity index (χ4v) is 5.56. The van der Waals surface area contributed by atoms with Crippen LogP contribution >= 0.6 is 0 Å². The zero-order valence-electron chi connectivity index (χ0n) is 22.6. The molecule has 5 nitrogen and oxygen atoms in total. The first kappa shape index (κ1) is 27.2. The molecule has 1 atom stereocenters. The molecule has 1 saturated heterocycles. The molecule has 0 bridgehead atoms. The average Bonchev–Trinajstić information content (AvgIpc) is 2.97. The SMILES string of the molecule is CC(=O)N[C@@](C)(CCCCB1OC(C)(C)C(C)(C)O1)C1CCC(NCc2ccc(C)cc2)CC1. The van der Waals surface area contributed by atoms with Crippen molar-refractivity contribution in [3.8, 4) is 0 Å². The summed E-state index contributed by atoms with van der Waals surface area (Å²) < 4.78 is 12.3. The first-order valence-electron chi connectivity index (χ1n) is 13.3. The number of benzene rings is 1. The first-order valence-corrected chi connectivity index (χ1v) is 13.3. The average molecular weight is 471 g/mol. The summed E-state index contributed by atoms with van der Waals surface area (Å²) in [6.45, 7) is 15.4. The Kier molecular flexibility index (Phi) is 8.92. The minimum atomic E-state index is -0.269. The van der Waals surface area contributed by atoms with Crippen LogP contribution in [0.25, 0.3) is 0 Å². The Bertz CT molecular complexity index is 786. The molecule has 0 radical (unpaired) electrons. The Balaban J connectivity index is 1.45. The van der Waals surface area contributed by atoms with Crippen LogP contribution in [0.1, 0.15) is 97.6 Å². The van der Waals surface area contributed by atoms with E-state index in [1.807, 2.05) is 0 Å². The van der Waals surface area contributed by atoms with Gasteiger partial charge in [-0.05, 0) is 91.4 Å². The molecule has 1 heterocycles. The highest BCUT2D eigenvalue weighted by atomic mass is 16.7. The van der Waals surface area contributed by atoms with Gasteiger partial charge in [-0.2, -0.15) is 0 Å². The Morgan fingerprint density at radius 1 is 1.03 bits per heavy atom. The molecule has 1 aliphatic carbocycles. The predicted octanol–water partition coefficient (Wildman–Crippen LogP) is 5.80. The Hall–Kier alpha value is -1.37. The molecule has 34 heavy (non-hydrogen) atoms. The van der Waals surface area contributed by atoms with E-state index in [1.165, 1.54) is 24.0 Å². The molecule has 1 aliphatic heterocycles. The van der Waals surface area contributed by atoms with Crippen LogP contribution < -0.4 is 10.6 Å². The van der Waals surface area contributed by atoms with Gasteiger partial charge in [0, 0.05) is 25.0 Å². The summed E-state index contributed by atoms with van der Waals surface area (Å²) in [6, 6.07) is 9.35. The molecule has 1 amide bonds. The molecule has 0 unspecified atom stereocenters. The zero-order chi connectivity index (χ0) is 25.0. The topological polar surface area (TPSA) is 59.6 Å². The summed E-state index contributed by atoms with van der Waals surface area (Å²) in [6.07, 6.45) is 8.64. The van der Waals surface area contributed by atoms with E-state index in [0.717, 1.165) is 45.0 Å². The summed E-state index contributed by atoms with van der Waals surface area (Å²) in [5.41, 5.74) is 1.96. The Labute approximate surface area is 208 Å². The van der Waals surface area contributed by atoms with Crippen LogP contribution in [0.2, 0.25) is 6.32 Å². The lowest BCUT2D eigenvalue weighted by Gasteiger charge is -2.42. The van der Waals surface area contributed by atoms with Crippen LogP contribution in [-0.2, 0) is 20.6 Å². The largest absolute Gasteiger partial charge is 0.457 e. The van der Waals surface area contributed by atoms with E-state index in [0.29, 0.717) is 12.0 Å². The Morgan fingerprint density at radius 3 is 2.18 bits per heavy atom. The molecule has 0 spiro atoms. The van der Waals surface area contributed by atoms with Gasteiger partial charge in [0.25, 0.3) is 0 Å². The fourth-order valence-electron chi connectivity index (χ4n) is 5.56. The van der Waals surface area contributed by atoms with Crippen LogP contribution in [0.3, 0.4) is 0 Å². The van der Waals surface area contributed by atoms with Gasteiger partial charge in [-0.15, -0.1) is 0 Å². The van der Waals surface area contributed by atoms with Crippen LogP contribution in [-0.4, -0.2) is 35.8 Å². The molecule has 2 fully saturated rings. The van der Waals surface area contributed by atoms with Crippen molar-refractivity contribution >= 4 is 13.0 Å². The van der Waals surface area contributed by atoms with Crippen LogP contribution in [0, 0.1) is 12.8 Å². The van der Waals surface area contributed by atoms with Gasteiger partial charge in [0.2, 0.25) is 5.91 Å². The number of aryl methyl sites for hydroxylation is 1. The molecular formula is C28H47BN2O3. The highest BCUT2D eigenvalue weighted by molar-refractivity contribution is 6.45. The summed E-state index contributed by atoms with van der Waals surface area (Å²) in [4.78, 5) is 12.1. The Morgan fingerprint density at radius 2 is 1.62 bits per heavy atom. The molecule has 1 aromatic carbocycles. The van der Waals surface area contributed by atoms with Crippen molar-refractivity contribution in [1.29, 1.82) is 0 Å². The summed E-state index contributed by atoms with van der Waals surface area (Å²) in [5.74, 6) is 0.596. The maximum Gasteiger partial charge on any atom is 0.457 e. The van der Waals surface area contributed by atoms with E-state index < -0.39 is 0 Å². The van der Waals surface area contributed by atoms with E-state index in [-0.39, 0.29) is 29.8 Å². The predicted molar refractivity (Wildman–Crippen MR) is 141 cm³/mol. The molecule has 6 heteroatoms.